The number of aromatic hydroxyl groups is 1. The van der Waals surface area contributed by atoms with Crippen LogP contribution < -0.4 is 10.6 Å². The van der Waals surface area contributed by atoms with Crippen molar-refractivity contribution in [3.8, 4) is 16.9 Å². The second-order valence-corrected chi connectivity index (χ2v) is 7.18. The van der Waals surface area contributed by atoms with Gasteiger partial charge in [-0.25, -0.2) is 9.37 Å². The number of nitrogens with two attached hydrogens (primary N) is 1. The Bertz CT molecular complexity index is 1130. The zero-order valence-electron chi connectivity index (χ0n) is 17.4. The lowest BCUT2D eigenvalue weighted by molar-refractivity contribution is -0.118. The molecule has 0 bridgehead atoms. The third kappa shape index (κ3) is 4.88. The quantitative estimate of drug-likeness (QED) is 0.553. The fraction of sp³-hybridized carbons (Fsp3) is 0.208. The topological polar surface area (TPSA) is 96.5 Å². The van der Waals surface area contributed by atoms with Crippen LogP contribution in [0.25, 0.3) is 11.1 Å². The highest BCUT2D eigenvalue weighted by Gasteiger charge is 2.16. The monoisotopic (exact) mass is 421 g/mol. The summed E-state index contributed by atoms with van der Waals surface area (Å²) in [6.07, 6.45) is 2.44. The molecule has 7 heteroatoms. The normalized spacial score (nSPS) is 10.7. The number of hydrogen-bond donors (Lipinski definition) is 2. The number of aryl methyl sites for hydroxylation is 1. The zero-order chi connectivity index (χ0) is 22.5. The molecule has 0 unspecified atom stereocenters. The van der Waals surface area contributed by atoms with Gasteiger partial charge in [0.15, 0.2) is 5.78 Å². The highest BCUT2D eigenvalue weighted by atomic mass is 19.1. The van der Waals surface area contributed by atoms with Gasteiger partial charge in [0, 0.05) is 26.1 Å². The summed E-state index contributed by atoms with van der Waals surface area (Å²) in [4.78, 5) is 29.6. The van der Waals surface area contributed by atoms with Gasteiger partial charge < -0.3 is 15.7 Å². The molecule has 3 N–H and O–H groups in total. The van der Waals surface area contributed by atoms with Crippen LogP contribution in [0.3, 0.4) is 0 Å². The molecule has 0 fully saturated rings. The van der Waals surface area contributed by atoms with Gasteiger partial charge in [0.2, 0.25) is 5.91 Å². The van der Waals surface area contributed by atoms with E-state index in [9.17, 15) is 19.1 Å². The molecule has 2 aromatic carbocycles. The minimum absolute atomic E-state index is 0.171. The van der Waals surface area contributed by atoms with Crippen molar-refractivity contribution < 1.29 is 19.1 Å². The fourth-order valence-corrected chi connectivity index (χ4v) is 3.32. The molecule has 0 radical (unpaired) electrons. The summed E-state index contributed by atoms with van der Waals surface area (Å²) in [5.74, 6) is -0.764. The maximum Gasteiger partial charge on any atom is 0.226 e. The molecule has 0 aliphatic heterocycles. The van der Waals surface area contributed by atoms with Crippen LogP contribution in [-0.4, -0.2) is 28.8 Å². The first-order valence-corrected chi connectivity index (χ1v) is 9.93. The molecule has 1 aromatic heterocycles. The zero-order valence-corrected chi connectivity index (χ0v) is 17.4. The number of nitrogens with zero attached hydrogens (tertiary/aromatic N) is 2. The molecular weight excluding hydrogens is 397 g/mol. The number of ketones is 1. The van der Waals surface area contributed by atoms with E-state index in [1.165, 1.54) is 36.2 Å². The molecule has 0 aliphatic carbocycles. The van der Waals surface area contributed by atoms with E-state index in [0.717, 1.165) is 5.56 Å². The van der Waals surface area contributed by atoms with Gasteiger partial charge in [-0.05, 0) is 53.4 Å². The van der Waals surface area contributed by atoms with Crippen molar-refractivity contribution in [3.63, 3.8) is 0 Å². The average Bonchev–Trinajstić information content (AvgIpc) is 2.77. The van der Waals surface area contributed by atoms with Crippen LogP contribution in [0.5, 0.6) is 5.75 Å². The Morgan fingerprint density at radius 2 is 1.84 bits per heavy atom. The van der Waals surface area contributed by atoms with Crippen molar-refractivity contribution in [1.29, 1.82) is 0 Å². The molecule has 6 nitrogen and oxygen atoms in total. The van der Waals surface area contributed by atoms with Crippen molar-refractivity contribution >= 4 is 23.2 Å². The number of nitrogen functional groups attached to an aromatic ring is 1. The molecule has 3 aromatic rings. The smallest absolute Gasteiger partial charge is 0.226 e. The standard InChI is InChI=1S/C24H24FN3O3/c1-3-23(31)28(2)20-10-7-16(13-19(20)25)17-6-9-18(22(30)14-17)21(29)11-8-15-5-4-12-27-24(15)26/h4-7,9-10,12-14,30H,3,8,11H2,1-2H3,(H2,26,27). The van der Waals surface area contributed by atoms with Crippen LogP contribution in [0.1, 0.15) is 35.7 Å². The molecule has 0 aliphatic rings. The Morgan fingerprint density at radius 1 is 1.13 bits per heavy atom. The second kappa shape index (κ2) is 9.38. The summed E-state index contributed by atoms with van der Waals surface area (Å²) in [6, 6.07) is 12.7. The molecule has 1 heterocycles. The number of pyridine rings is 1. The number of hydrogen-bond acceptors (Lipinski definition) is 5. The van der Waals surface area contributed by atoms with Crippen LogP contribution in [0.15, 0.2) is 54.7 Å². The van der Waals surface area contributed by atoms with Gasteiger partial charge in [0.05, 0.1) is 11.3 Å². The van der Waals surface area contributed by atoms with E-state index in [-0.39, 0.29) is 41.5 Å². The van der Waals surface area contributed by atoms with Gasteiger partial charge in [-0.3, -0.25) is 9.59 Å². The molecule has 0 saturated heterocycles. The Balaban J connectivity index is 1.77. The molecule has 0 atom stereocenters. The Hall–Kier alpha value is -3.74. The van der Waals surface area contributed by atoms with Crippen molar-refractivity contribution in [2.24, 2.45) is 0 Å². The van der Waals surface area contributed by atoms with Crippen LogP contribution >= 0.6 is 0 Å². The first kappa shape index (κ1) is 22.0. The fourth-order valence-electron chi connectivity index (χ4n) is 3.32. The van der Waals surface area contributed by atoms with Gasteiger partial charge in [-0.1, -0.05) is 25.1 Å². The van der Waals surface area contributed by atoms with E-state index in [4.69, 9.17) is 5.73 Å². The van der Waals surface area contributed by atoms with Gasteiger partial charge in [-0.2, -0.15) is 0 Å². The van der Waals surface area contributed by atoms with E-state index in [1.807, 2.05) is 6.07 Å². The van der Waals surface area contributed by atoms with Crippen molar-refractivity contribution in [1.82, 2.24) is 4.98 Å². The highest BCUT2D eigenvalue weighted by Crippen LogP contribution is 2.30. The number of halogens is 1. The van der Waals surface area contributed by atoms with Crippen molar-refractivity contribution in [2.75, 3.05) is 17.7 Å². The number of amides is 1. The summed E-state index contributed by atoms with van der Waals surface area (Å²) < 4.78 is 14.6. The van der Waals surface area contributed by atoms with Gasteiger partial charge in [-0.15, -0.1) is 0 Å². The number of rotatable bonds is 7. The number of carbonyl (C=O) groups is 2. The number of carbonyl (C=O) groups excluding carboxylic acids is 2. The van der Waals surface area contributed by atoms with Crippen molar-refractivity contribution in [2.45, 2.75) is 26.2 Å². The Kier molecular flexibility index (Phi) is 6.65. The molecule has 3 rings (SSSR count). The summed E-state index contributed by atoms with van der Waals surface area (Å²) in [7, 11) is 1.52. The number of phenolic OH excluding ortho intramolecular Hbond substituents is 1. The summed E-state index contributed by atoms with van der Waals surface area (Å²) in [6.45, 7) is 1.71. The lowest BCUT2D eigenvalue weighted by Crippen LogP contribution is -2.25. The van der Waals surface area contributed by atoms with Gasteiger partial charge in [0.1, 0.15) is 17.4 Å². The minimum Gasteiger partial charge on any atom is -0.507 e. The number of aromatic nitrogens is 1. The van der Waals surface area contributed by atoms with Crippen molar-refractivity contribution in [3.05, 3.63) is 71.7 Å². The predicted octanol–water partition coefficient (Wildman–Crippen LogP) is 4.36. The van der Waals surface area contributed by atoms with Gasteiger partial charge in [0.25, 0.3) is 0 Å². The second-order valence-electron chi connectivity index (χ2n) is 7.18. The maximum atomic E-state index is 14.6. The van der Waals surface area contributed by atoms with E-state index in [1.54, 1.807) is 31.3 Å². The van der Waals surface area contributed by atoms with E-state index in [2.05, 4.69) is 4.98 Å². The summed E-state index contributed by atoms with van der Waals surface area (Å²) >= 11 is 0. The molecule has 0 saturated carbocycles. The summed E-state index contributed by atoms with van der Waals surface area (Å²) in [5, 5.41) is 10.4. The molecule has 31 heavy (non-hydrogen) atoms. The van der Waals surface area contributed by atoms with Crippen LogP contribution in [0, 0.1) is 5.82 Å². The Morgan fingerprint density at radius 3 is 2.48 bits per heavy atom. The van der Waals surface area contributed by atoms with Crippen LogP contribution in [0.4, 0.5) is 15.9 Å². The predicted molar refractivity (Wildman–Crippen MR) is 119 cm³/mol. The minimum atomic E-state index is -0.546. The van der Waals surface area contributed by atoms with Crippen LogP contribution in [-0.2, 0) is 11.2 Å². The number of phenols is 1. The largest absolute Gasteiger partial charge is 0.507 e. The number of benzene rings is 2. The SMILES string of the molecule is CCC(=O)N(C)c1ccc(-c2ccc(C(=O)CCc3cccnc3N)c(O)c2)cc1F. The van der Waals surface area contributed by atoms with Gasteiger partial charge >= 0.3 is 0 Å². The average molecular weight is 421 g/mol. The molecule has 160 valence electrons. The summed E-state index contributed by atoms with van der Waals surface area (Å²) in [5.41, 5.74) is 8.03. The van der Waals surface area contributed by atoms with Crippen LogP contribution in [0.2, 0.25) is 0 Å². The first-order chi connectivity index (χ1) is 14.8. The third-order valence-electron chi connectivity index (χ3n) is 5.16. The lowest BCUT2D eigenvalue weighted by Gasteiger charge is -2.18. The maximum absolute atomic E-state index is 14.6. The number of anilines is 2. The lowest BCUT2D eigenvalue weighted by atomic mass is 9.98. The molecule has 0 spiro atoms. The Labute approximate surface area is 180 Å². The van der Waals surface area contributed by atoms with E-state index < -0.39 is 5.82 Å². The molecular formula is C24H24FN3O3. The number of Topliss-reactive ketones (excluding diaryl/α,β-unsaturated/α-hetero) is 1. The van der Waals surface area contributed by atoms with E-state index >= 15 is 0 Å². The van der Waals surface area contributed by atoms with E-state index in [0.29, 0.717) is 23.4 Å². The first-order valence-electron chi connectivity index (χ1n) is 9.93. The molecule has 1 amide bonds. The highest BCUT2D eigenvalue weighted by molar-refractivity contribution is 5.99. The third-order valence-corrected chi connectivity index (χ3v) is 5.16.